The molecule has 13 heavy (non-hydrogen) atoms. The van der Waals surface area contributed by atoms with Crippen LogP contribution in [0.2, 0.25) is 0 Å². The van der Waals surface area contributed by atoms with Gasteiger partial charge in [0.2, 0.25) is 5.90 Å². The van der Waals surface area contributed by atoms with Gasteiger partial charge in [-0.2, -0.15) is 0 Å². The Balaban J connectivity index is 2.50. The minimum atomic E-state index is -0.425. The molecule has 2 rings (SSSR count). The zero-order valence-electron chi connectivity index (χ0n) is 7.48. The molecule has 0 fully saturated rings. The number of methoxy groups -OCH3 is 1. The average Bonchev–Trinajstić information content (AvgIpc) is 2.60. The summed E-state index contributed by atoms with van der Waals surface area (Å²) in [6.07, 6.45) is 1.17. The lowest BCUT2D eigenvalue weighted by Gasteiger charge is -2.26. The molecule has 1 aliphatic rings. The molecule has 6 heteroatoms. The fraction of sp³-hybridized carbons (Fsp3) is 0.429. The number of H-pyrrole nitrogens is 1. The van der Waals surface area contributed by atoms with Crippen LogP contribution in [-0.2, 0) is 4.74 Å². The van der Waals surface area contributed by atoms with Gasteiger partial charge in [-0.15, -0.1) is 0 Å². The standard InChI is InChI=1S/C7H11N5O/c1-12-5-4(9-3-10-5)6(13-2)11-7(12)8/h3,7H,8H2,1-2H3,(H,9,10). The fourth-order valence-corrected chi connectivity index (χ4v) is 1.26. The molecule has 1 unspecified atom stereocenters. The summed E-state index contributed by atoms with van der Waals surface area (Å²) in [4.78, 5) is 13.0. The highest BCUT2D eigenvalue weighted by molar-refractivity contribution is 5.98. The van der Waals surface area contributed by atoms with Gasteiger partial charge in [0.05, 0.1) is 13.4 Å². The number of nitrogens with zero attached hydrogens (tertiary/aromatic N) is 3. The Morgan fingerprint density at radius 3 is 3.15 bits per heavy atom. The third kappa shape index (κ3) is 1.06. The molecule has 6 nitrogen and oxygen atoms in total. The van der Waals surface area contributed by atoms with Crippen LogP contribution in [0.1, 0.15) is 5.69 Å². The monoisotopic (exact) mass is 181 g/mol. The van der Waals surface area contributed by atoms with Crippen molar-refractivity contribution in [2.45, 2.75) is 6.29 Å². The third-order valence-electron chi connectivity index (χ3n) is 2.01. The van der Waals surface area contributed by atoms with Crippen molar-refractivity contribution in [1.82, 2.24) is 9.97 Å². The van der Waals surface area contributed by atoms with E-state index in [1.54, 1.807) is 18.3 Å². The Bertz CT molecular complexity index is 344. The second kappa shape index (κ2) is 2.74. The van der Waals surface area contributed by atoms with Gasteiger partial charge in [0.15, 0.2) is 12.1 Å². The number of imidazole rings is 1. The lowest BCUT2D eigenvalue weighted by molar-refractivity contribution is 0.394. The molecular formula is C7H11N5O. The normalized spacial score (nSPS) is 21.0. The smallest absolute Gasteiger partial charge is 0.240 e. The first-order chi connectivity index (χ1) is 6.24. The van der Waals surface area contributed by atoms with E-state index in [4.69, 9.17) is 10.5 Å². The minimum absolute atomic E-state index is 0.425. The van der Waals surface area contributed by atoms with Crippen molar-refractivity contribution in [3.8, 4) is 0 Å². The van der Waals surface area contributed by atoms with E-state index in [-0.39, 0.29) is 0 Å². The zero-order valence-corrected chi connectivity index (χ0v) is 7.48. The molecule has 1 atom stereocenters. The number of nitrogens with one attached hydrogen (secondary N) is 1. The van der Waals surface area contributed by atoms with Crippen LogP contribution in [0.4, 0.5) is 5.82 Å². The average molecular weight is 181 g/mol. The predicted octanol–water partition coefficient (Wildman–Crippen LogP) is -0.505. The highest BCUT2D eigenvalue weighted by atomic mass is 16.5. The summed E-state index contributed by atoms with van der Waals surface area (Å²) in [5.41, 5.74) is 6.49. The first-order valence-corrected chi connectivity index (χ1v) is 3.88. The highest BCUT2D eigenvalue weighted by Gasteiger charge is 2.25. The lowest BCUT2D eigenvalue weighted by Crippen LogP contribution is -2.42. The summed E-state index contributed by atoms with van der Waals surface area (Å²) in [6.45, 7) is 0. The van der Waals surface area contributed by atoms with Crippen molar-refractivity contribution in [3.63, 3.8) is 0 Å². The summed E-state index contributed by atoms with van der Waals surface area (Å²) >= 11 is 0. The Morgan fingerprint density at radius 1 is 1.69 bits per heavy atom. The topological polar surface area (TPSA) is 79.5 Å². The van der Waals surface area contributed by atoms with E-state index >= 15 is 0 Å². The molecule has 0 saturated carbocycles. The number of hydrogen-bond acceptors (Lipinski definition) is 5. The molecule has 70 valence electrons. The number of rotatable bonds is 0. The number of hydrogen-bond donors (Lipinski definition) is 2. The molecular weight excluding hydrogens is 170 g/mol. The molecule has 1 aromatic rings. The number of nitrogens with two attached hydrogens (primary N) is 1. The van der Waals surface area contributed by atoms with Crippen LogP contribution in [0.25, 0.3) is 0 Å². The molecule has 0 spiro atoms. The molecule has 1 aromatic heterocycles. The Hall–Kier alpha value is -1.56. The Morgan fingerprint density at radius 2 is 2.46 bits per heavy atom. The van der Waals surface area contributed by atoms with Crippen LogP contribution in [-0.4, -0.2) is 36.3 Å². The van der Waals surface area contributed by atoms with Crippen molar-refractivity contribution >= 4 is 11.7 Å². The molecule has 3 N–H and O–H groups in total. The number of ether oxygens (including phenoxy) is 1. The van der Waals surface area contributed by atoms with Gasteiger partial charge in [-0.1, -0.05) is 0 Å². The van der Waals surface area contributed by atoms with E-state index in [2.05, 4.69) is 15.0 Å². The third-order valence-corrected chi connectivity index (χ3v) is 2.01. The summed E-state index contributed by atoms with van der Waals surface area (Å²) in [7, 11) is 3.39. The van der Waals surface area contributed by atoms with Gasteiger partial charge in [-0.25, -0.2) is 9.98 Å². The fourth-order valence-electron chi connectivity index (χ4n) is 1.26. The van der Waals surface area contributed by atoms with Crippen LogP contribution >= 0.6 is 0 Å². The molecule has 0 amide bonds. The van der Waals surface area contributed by atoms with Crippen molar-refractivity contribution in [2.24, 2.45) is 10.7 Å². The second-order valence-electron chi connectivity index (χ2n) is 2.76. The van der Waals surface area contributed by atoms with Crippen LogP contribution in [0.15, 0.2) is 11.3 Å². The van der Waals surface area contributed by atoms with Crippen LogP contribution in [0, 0.1) is 0 Å². The molecule has 0 saturated heterocycles. The van der Waals surface area contributed by atoms with Crippen molar-refractivity contribution in [2.75, 3.05) is 19.1 Å². The zero-order chi connectivity index (χ0) is 9.42. The van der Waals surface area contributed by atoms with Gasteiger partial charge >= 0.3 is 0 Å². The summed E-state index contributed by atoms with van der Waals surface area (Å²) < 4.78 is 5.07. The summed E-state index contributed by atoms with van der Waals surface area (Å²) in [5.74, 6) is 1.26. The highest BCUT2D eigenvalue weighted by Crippen LogP contribution is 2.21. The first kappa shape index (κ1) is 8.06. The van der Waals surface area contributed by atoms with E-state index in [9.17, 15) is 0 Å². The van der Waals surface area contributed by atoms with E-state index in [1.165, 1.54) is 0 Å². The molecule has 1 aliphatic heterocycles. The molecule has 0 aliphatic carbocycles. The predicted molar refractivity (Wildman–Crippen MR) is 48.5 cm³/mol. The van der Waals surface area contributed by atoms with E-state index in [0.717, 1.165) is 11.5 Å². The van der Waals surface area contributed by atoms with Crippen molar-refractivity contribution in [3.05, 3.63) is 12.0 Å². The van der Waals surface area contributed by atoms with Crippen molar-refractivity contribution in [1.29, 1.82) is 0 Å². The number of aromatic amines is 1. The Kier molecular flexibility index (Phi) is 1.70. The number of anilines is 1. The molecule has 0 radical (unpaired) electrons. The second-order valence-corrected chi connectivity index (χ2v) is 2.76. The van der Waals surface area contributed by atoms with E-state index < -0.39 is 6.29 Å². The van der Waals surface area contributed by atoms with Gasteiger partial charge in [-0.3, -0.25) is 5.73 Å². The maximum absolute atomic E-state index is 5.72. The van der Waals surface area contributed by atoms with Gasteiger partial charge in [0, 0.05) is 7.05 Å². The molecule has 0 aromatic carbocycles. The number of aliphatic imine (C=N–C) groups is 1. The summed E-state index contributed by atoms with van der Waals surface area (Å²) in [6, 6.07) is 0. The van der Waals surface area contributed by atoms with Crippen LogP contribution < -0.4 is 10.6 Å². The number of fused-ring (bicyclic) bond motifs is 1. The van der Waals surface area contributed by atoms with Crippen molar-refractivity contribution < 1.29 is 4.74 Å². The van der Waals surface area contributed by atoms with E-state index in [1.807, 2.05) is 7.05 Å². The maximum atomic E-state index is 5.72. The van der Waals surface area contributed by atoms with Gasteiger partial charge in [-0.05, 0) is 0 Å². The van der Waals surface area contributed by atoms with E-state index in [0.29, 0.717) is 5.90 Å². The largest absolute Gasteiger partial charge is 0.480 e. The van der Waals surface area contributed by atoms with Gasteiger partial charge < -0.3 is 14.6 Å². The van der Waals surface area contributed by atoms with Gasteiger partial charge in [0.1, 0.15) is 5.69 Å². The number of aromatic nitrogens is 2. The quantitative estimate of drug-likeness (QED) is 0.565. The van der Waals surface area contributed by atoms with Gasteiger partial charge in [0.25, 0.3) is 0 Å². The summed E-state index contributed by atoms with van der Waals surface area (Å²) in [5, 5.41) is 0. The van der Waals surface area contributed by atoms with Crippen LogP contribution in [0.5, 0.6) is 0 Å². The molecule has 0 bridgehead atoms. The maximum Gasteiger partial charge on any atom is 0.240 e. The first-order valence-electron chi connectivity index (χ1n) is 3.88. The SMILES string of the molecule is COC1=NC(N)N(C)c2nc[nH]c21. The Labute approximate surface area is 75.4 Å². The lowest BCUT2D eigenvalue weighted by atomic mass is 10.3. The molecule has 2 heterocycles. The van der Waals surface area contributed by atoms with Crippen LogP contribution in [0.3, 0.4) is 0 Å². The minimum Gasteiger partial charge on any atom is -0.480 e.